The SMILES string of the molecule is O=C(O)c1cccc(SN2CCC(NS(=O)(=O)c3cc4c(cc3Cl)C3(CCCCC3)c3ccc(F)cc3S4(=O)=O)CC2)c1. The lowest BCUT2D eigenvalue weighted by Crippen LogP contribution is -2.43. The summed E-state index contributed by atoms with van der Waals surface area (Å²) in [6.45, 7) is 1.10. The Bertz CT molecular complexity index is 1820. The Morgan fingerprint density at radius 2 is 1.70 bits per heavy atom. The maximum atomic E-state index is 14.3. The lowest BCUT2D eigenvalue weighted by atomic mass is 9.65. The van der Waals surface area contributed by atoms with Gasteiger partial charge in [0.15, 0.2) is 0 Å². The Hall–Kier alpha value is -2.48. The number of halogens is 2. The van der Waals surface area contributed by atoms with Crippen LogP contribution in [-0.4, -0.2) is 51.3 Å². The van der Waals surface area contributed by atoms with Gasteiger partial charge in [0.2, 0.25) is 19.9 Å². The van der Waals surface area contributed by atoms with Crippen LogP contribution in [0.4, 0.5) is 4.39 Å². The van der Waals surface area contributed by atoms with E-state index in [9.17, 15) is 31.1 Å². The van der Waals surface area contributed by atoms with Crippen LogP contribution in [0.3, 0.4) is 0 Å². The predicted octanol–water partition coefficient (Wildman–Crippen LogP) is 6.02. The molecule has 6 rings (SSSR count). The zero-order chi connectivity index (χ0) is 30.6. The van der Waals surface area contributed by atoms with E-state index in [-0.39, 0.29) is 25.3 Å². The van der Waals surface area contributed by atoms with Crippen LogP contribution >= 0.6 is 23.5 Å². The molecule has 1 saturated heterocycles. The molecule has 1 aliphatic carbocycles. The first-order chi connectivity index (χ1) is 20.4. The molecule has 43 heavy (non-hydrogen) atoms. The van der Waals surface area contributed by atoms with Gasteiger partial charge in [-0.1, -0.05) is 43.0 Å². The van der Waals surface area contributed by atoms with Gasteiger partial charge in [-0.25, -0.2) is 35.0 Å². The summed E-state index contributed by atoms with van der Waals surface area (Å²) in [6.07, 6.45) is 5.01. The fraction of sp³-hybridized carbons (Fsp3) is 0.367. The zero-order valence-electron chi connectivity index (χ0n) is 23.1. The molecule has 228 valence electrons. The van der Waals surface area contributed by atoms with Crippen LogP contribution in [0.25, 0.3) is 0 Å². The van der Waals surface area contributed by atoms with Gasteiger partial charge in [-0.05, 0) is 91.2 Å². The molecule has 0 aromatic heterocycles. The van der Waals surface area contributed by atoms with Crippen molar-refractivity contribution in [3.8, 4) is 0 Å². The van der Waals surface area contributed by atoms with Crippen molar-refractivity contribution in [2.75, 3.05) is 13.1 Å². The van der Waals surface area contributed by atoms with E-state index in [1.807, 2.05) is 10.4 Å². The average Bonchev–Trinajstić information content (AvgIpc) is 2.97. The van der Waals surface area contributed by atoms with E-state index >= 15 is 0 Å². The van der Waals surface area contributed by atoms with E-state index in [2.05, 4.69) is 4.72 Å². The Morgan fingerprint density at radius 1 is 1.00 bits per heavy atom. The highest BCUT2D eigenvalue weighted by atomic mass is 35.5. The average molecular weight is 665 g/mol. The highest BCUT2D eigenvalue weighted by Gasteiger charge is 2.48. The summed E-state index contributed by atoms with van der Waals surface area (Å²) in [4.78, 5) is 11.5. The summed E-state index contributed by atoms with van der Waals surface area (Å²) < 4.78 is 74.0. The maximum Gasteiger partial charge on any atom is 0.335 e. The first-order valence-corrected chi connectivity index (χ1v) is 18.2. The van der Waals surface area contributed by atoms with Crippen molar-refractivity contribution in [3.63, 3.8) is 0 Å². The minimum Gasteiger partial charge on any atom is -0.478 e. The molecule has 2 heterocycles. The van der Waals surface area contributed by atoms with Gasteiger partial charge in [0, 0.05) is 29.4 Å². The molecule has 3 aliphatic rings. The molecule has 13 heteroatoms. The smallest absolute Gasteiger partial charge is 0.335 e. The number of fused-ring (bicyclic) bond motifs is 4. The van der Waals surface area contributed by atoms with Gasteiger partial charge in [0.05, 0.1) is 20.4 Å². The summed E-state index contributed by atoms with van der Waals surface area (Å²) >= 11 is 8.05. The van der Waals surface area contributed by atoms with Gasteiger partial charge in [-0.15, -0.1) is 0 Å². The van der Waals surface area contributed by atoms with Crippen molar-refractivity contribution >= 4 is 49.4 Å². The second-order valence-corrected chi connectivity index (χ2v) is 16.5. The maximum absolute atomic E-state index is 14.3. The third kappa shape index (κ3) is 5.62. The molecular weight excluding hydrogens is 635 g/mol. The second-order valence-electron chi connectivity index (χ2n) is 11.3. The topological polar surface area (TPSA) is 121 Å². The zero-order valence-corrected chi connectivity index (χ0v) is 26.3. The molecular formula is C30H30ClFN2O6S3. The van der Waals surface area contributed by atoms with Crippen LogP contribution in [-0.2, 0) is 25.3 Å². The Morgan fingerprint density at radius 3 is 2.40 bits per heavy atom. The quantitative estimate of drug-likeness (QED) is 0.307. The molecule has 1 saturated carbocycles. The summed E-state index contributed by atoms with van der Waals surface area (Å²) in [5.41, 5.74) is 0.535. The van der Waals surface area contributed by atoms with Crippen molar-refractivity contribution in [1.82, 2.24) is 9.03 Å². The molecule has 0 amide bonds. The first kappa shape index (κ1) is 30.5. The number of aromatic carboxylic acids is 1. The molecule has 3 aromatic carbocycles. The number of carbonyl (C=O) groups is 1. The number of piperidine rings is 1. The molecule has 0 unspecified atom stereocenters. The Kier molecular flexibility index (Phi) is 8.14. The highest BCUT2D eigenvalue weighted by molar-refractivity contribution is 7.97. The molecule has 2 fully saturated rings. The highest BCUT2D eigenvalue weighted by Crippen LogP contribution is 2.54. The lowest BCUT2D eigenvalue weighted by Gasteiger charge is -2.43. The van der Waals surface area contributed by atoms with Crippen LogP contribution in [0, 0.1) is 5.82 Å². The van der Waals surface area contributed by atoms with E-state index in [0.717, 1.165) is 36.3 Å². The number of rotatable bonds is 6. The van der Waals surface area contributed by atoms with E-state index < -0.39 is 43.1 Å². The molecule has 8 nitrogen and oxygen atoms in total. The molecule has 2 aliphatic heterocycles. The van der Waals surface area contributed by atoms with Gasteiger partial charge in [-0.3, -0.25) is 0 Å². The standard InChI is InChI=1S/C30H30ClFN2O6S3/c31-25-17-24-27(42(37,38)26-16-20(32)7-8-23(26)30(24)11-2-1-3-12-30)18-28(25)43(39,40)33-21-9-13-34(14-10-21)41-22-6-4-5-19(15-22)29(35)36/h4-8,15-18,21,33H,1-3,9-14H2,(H,35,36). The number of carboxylic acid groups (broad SMARTS) is 1. The molecule has 3 aromatic rings. The van der Waals surface area contributed by atoms with Crippen LogP contribution < -0.4 is 4.72 Å². The van der Waals surface area contributed by atoms with E-state index in [1.165, 1.54) is 30.1 Å². The summed E-state index contributed by atoms with van der Waals surface area (Å²) in [6, 6.07) is 12.7. The van der Waals surface area contributed by atoms with Gasteiger partial charge < -0.3 is 5.11 Å². The summed E-state index contributed by atoms with van der Waals surface area (Å²) in [5.74, 6) is -1.67. The van der Waals surface area contributed by atoms with Crippen molar-refractivity contribution in [2.45, 2.75) is 76.0 Å². The van der Waals surface area contributed by atoms with Crippen LogP contribution in [0.2, 0.25) is 5.02 Å². The Labute approximate surface area is 259 Å². The number of nitrogens with zero attached hydrogens (tertiary/aromatic N) is 1. The van der Waals surface area contributed by atoms with E-state index in [4.69, 9.17) is 11.6 Å². The van der Waals surface area contributed by atoms with E-state index in [0.29, 0.717) is 49.9 Å². The number of carboxylic acids is 1. The molecule has 0 atom stereocenters. The minimum atomic E-state index is -4.21. The van der Waals surface area contributed by atoms with Crippen LogP contribution in [0.5, 0.6) is 0 Å². The third-order valence-corrected chi connectivity index (χ3v) is 13.6. The van der Waals surface area contributed by atoms with Gasteiger partial charge in [0.25, 0.3) is 0 Å². The number of sulfonamides is 1. The van der Waals surface area contributed by atoms with Crippen LogP contribution in [0.15, 0.2) is 74.2 Å². The number of nitrogens with one attached hydrogen (secondary N) is 1. The number of sulfone groups is 1. The molecule has 1 spiro atoms. The van der Waals surface area contributed by atoms with Crippen LogP contribution in [0.1, 0.15) is 66.4 Å². The molecule has 2 N–H and O–H groups in total. The molecule has 0 radical (unpaired) electrons. The van der Waals surface area contributed by atoms with Crippen molar-refractivity contribution in [2.24, 2.45) is 0 Å². The number of hydrogen-bond acceptors (Lipinski definition) is 7. The van der Waals surface area contributed by atoms with Gasteiger partial charge in [-0.2, -0.15) is 0 Å². The van der Waals surface area contributed by atoms with E-state index in [1.54, 1.807) is 18.2 Å². The third-order valence-electron chi connectivity index (χ3n) is 8.68. The fourth-order valence-electron chi connectivity index (χ4n) is 6.59. The molecule has 0 bridgehead atoms. The fourth-order valence-corrected chi connectivity index (χ4v) is 11.4. The van der Waals surface area contributed by atoms with Crippen molar-refractivity contribution < 1.29 is 31.1 Å². The van der Waals surface area contributed by atoms with Gasteiger partial charge in [0.1, 0.15) is 10.7 Å². The monoisotopic (exact) mass is 664 g/mol. The van der Waals surface area contributed by atoms with Crippen molar-refractivity contribution in [3.05, 3.63) is 82.1 Å². The minimum absolute atomic E-state index is 0.0525. The lowest BCUT2D eigenvalue weighted by molar-refractivity contribution is 0.0696. The first-order valence-electron chi connectivity index (χ1n) is 14.1. The normalized spacial score (nSPS) is 20.0. The second kappa shape index (κ2) is 11.5. The predicted molar refractivity (Wildman–Crippen MR) is 161 cm³/mol. The Balaban J connectivity index is 1.26. The van der Waals surface area contributed by atoms with Crippen molar-refractivity contribution in [1.29, 1.82) is 0 Å². The largest absolute Gasteiger partial charge is 0.478 e. The van der Waals surface area contributed by atoms with Gasteiger partial charge >= 0.3 is 5.97 Å². The summed E-state index contributed by atoms with van der Waals surface area (Å²) in [5, 5.41) is 9.19. The number of benzene rings is 3. The number of hydrogen-bond donors (Lipinski definition) is 2. The summed E-state index contributed by atoms with van der Waals surface area (Å²) in [7, 11) is -8.42.